The summed E-state index contributed by atoms with van der Waals surface area (Å²) in [7, 11) is 3.13. The Balaban J connectivity index is 1.64. The van der Waals surface area contributed by atoms with E-state index in [-0.39, 0.29) is 5.91 Å². The Kier molecular flexibility index (Phi) is 5.66. The number of methoxy groups -OCH3 is 2. The van der Waals surface area contributed by atoms with Gasteiger partial charge in [-0.15, -0.1) is 0 Å². The van der Waals surface area contributed by atoms with E-state index in [1.54, 1.807) is 39.3 Å². The molecule has 138 valence electrons. The van der Waals surface area contributed by atoms with Crippen molar-refractivity contribution in [1.82, 2.24) is 0 Å². The summed E-state index contributed by atoms with van der Waals surface area (Å²) in [6.45, 7) is 1.75. The van der Waals surface area contributed by atoms with Crippen molar-refractivity contribution >= 4 is 11.6 Å². The standard InChI is InChI=1S/C21H25NO4/c1-14(26-18-10-8-15-6-4-5-7-16(15)12-18)21(23)22-17-9-11-19(24-2)20(13-17)25-3/h8-14H,4-7H2,1-3H3,(H,22,23)/t14-/m0/s1. The summed E-state index contributed by atoms with van der Waals surface area (Å²) in [5, 5.41) is 2.85. The van der Waals surface area contributed by atoms with Crippen molar-refractivity contribution in [3.05, 3.63) is 47.5 Å². The normalized spacial score (nSPS) is 14.1. The maximum atomic E-state index is 12.5. The molecule has 1 aliphatic carbocycles. The molecule has 0 saturated carbocycles. The van der Waals surface area contributed by atoms with Crippen molar-refractivity contribution < 1.29 is 19.0 Å². The highest BCUT2D eigenvalue weighted by Gasteiger charge is 2.17. The van der Waals surface area contributed by atoms with Crippen LogP contribution in [0.25, 0.3) is 0 Å². The van der Waals surface area contributed by atoms with Gasteiger partial charge in [-0.25, -0.2) is 0 Å². The van der Waals surface area contributed by atoms with Crippen LogP contribution in [-0.4, -0.2) is 26.2 Å². The highest BCUT2D eigenvalue weighted by atomic mass is 16.5. The molecule has 2 aromatic rings. The molecule has 0 aliphatic heterocycles. The Labute approximate surface area is 154 Å². The van der Waals surface area contributed by atoms with Crippen LogP contribution in [0.15, 0.2) is 36.4 Å². The molecule has 0 heterocycles. The summed E-state index contributed by atoms with van der Waals surface area (Å²) in [5.41, 5.74) is 3.36. The van der Waals surface area contributed by atoms with Crippen molar-refractivity contribution in [2.75, 3.05) is 19.5 Å². The molecule has 2 aromatic carbocycles. The monoisotopic (exact) mass is 355 g/mol. The fourth-order valence-electron chi connectivity index (χ4n) is 3.20. The van der Waals surface area contributed by atoms with E-state index in [2.05, 4.69) is 17.4 Å². The van der Waals surface area contributed by atoms with Gasteiger partial charge in [0.1, 0.15) is 5.75 Å². The predicted octanol–water partition coefficient (Wildman–Crippen LogP) is 3.99. The van der Waals surface area contributed by atoms with E-state index in [1.165, 1.54) is 24.0 Å². The number of nitrogens with one attached hydrogen (secondary N) is 1. The van der Waals surface area contributed by atoms with E-state index in [9.17, 15) is 4.79 Å². The minimum atomic E-state index is -0.607. The molecule has 0 radical (unpaired) electrons. The van der Waals surface area contributed by atoms with Crippen LogP contribution in [0.2, 0.25) is 0 Å². The molecule has 1 N–H and O–H groups in total. The molecule has 0 unspecified atom stereocenters. The molecule has 5 heteroatoms. The highest BCUT2D eigenvalue weighted by Crippen LogP contribution is 2.30. The summed E-state index contributed by atoms with van der Waals surface area (Å²) >= 11 is 0. The molecular formula is C21H25NO4. The number of hydrogen-bond donors (Lipinski definition) is 1. The van der Waals surface area contributed by atoms with Gasteiger partial charge in [-0.05, 0) is 68.0 Å². The van der Waals surface area contributed by atoms with E-state index in [4.69, 9.17) is 14.2 Å². The summed E-state index contributed by atoms with van der Waals surface area (Å²) < 4.78 is 16.3. The van der Waals surface area contributed by atoms with Crippen LogP contribution in [0.4, 0.5) is 5.69 Å². The average Bonchev–Trinajstić information content (AvgIpc) is 2.67. The Bertz CT molecular complexity index is 788. The van der Waals surface area contributed by atoms with E-state index in [0.29, 0.717) is 17.2 Å². The fraction of sp³-hybridized carbons (Fsp3) is 0.381. The van der Waals surface area contributed by atoms with E-state index >= 15 is 0 Å². The van der Waals surface area contributed by atoms with E-state index in [0.717, 1.165) is 18.6 Å². The third kappa shape index (κ3) is 4.10. The van der Waals surface area contributed by atoms with Gasteiger partial charge in [-0.3, -0.25) is 4.79 Å². The first-order chi connectivity index (χ1) is 12.6. The third-order valence-electron chi connectivity index (χ3n) is 4.65. The minimum Gasteiger partial charge on any atom is -0.493 e. The number of benzene rings is 2. The van der Waals surface area contributed by atoms with Crippen LogP contribution < -0.4 is 19.5 Å². The zero-order chi connectivity index (χ0) is 18.5. The average molecular weight is 355 g/mol. The number of carbonyl (C=O) groups is 1. The molecule has 1 atom stereocenters. The molecule has 0 fully saturated rings. The van der Waals surface area contributed by atoms with Crippen molar-refractivity contribution in [1.29, 1.82) is 0 Å². The number of amides is 1. The largest absolute Gasteiger partial charge is 0.493 e. The van der Waals surface area contributed by atoms with Gasteiger partial charge in [0.05, 0.1) is 14.2 Å². The molecule has 1 aliphatic rings. The number of ether oxygens (including phenoxy) is 3. The first kappa shape index (κ1) is 18.1. The lowest BCUT2D eigenvalue weighted by Gasteiger charge is -2.19. The third-order valence-corrected chi connectivity index (χ3v) is 4.65. The minimum absolute atomic E-state index is 0.213. The molecule has 26 heavy (non-hydrogen) atoms. The zero-order valence-corrected chi connectivity index (χ0v) is 15.5. The lowest BCUT2D eigenvalue weighted by molar-refractivity contribution is -0.122. The zero-order valence-electron chi connectivity index (χ0n) is 15.5. The second-order valence-corrected chi connectivity index (χ2v) is 6.46. The number of aryl methyl sites for hydroxylation is 2. The highest BCUT2D eigenvalue weighted by molar-refractivity contribution is 5.94. The summed E-state index contributed by atoms with van der Waals surface area (Å²) in [6.07, 6.45) is 4.07. The van der Waals surface area contributed by atoms with E-state index < -0.39 is 6.10 Å². The van der Waals surface area contributed by atoms with Crippen LogP contribution in [0.5, 0.6) is 17.2 Å². The lowest BCUT2D eigenvalue weighted by Crippen LogP contribution is -2.30. The van der Waals surface area contributed by atoms with Gasteiger partial charge in [0.2, 0.25) is 0 Å². The quantitative estimate of drug-likeness (QED) is 0.851. The van der Waals surface area contributed by atoms with Crippen LogP contribution >= 0.6 is 0 Å². The second-order valence-electron chi connectivity index (χ2n) is 6.46. The van der Waals surface area contributed by atoms with Crippen LogP contribution in [0.3, 0.4) is 0 Å². The number of rotatable bonds is 6. The number of fused-ring (bicyclic) bond motifs is 1. The Hall–Kier alpha value is -2.69. The molecule has 1 amide bonds. The second kappa shape index (κ2) is 8.13. The molecular weight excluding hydrogens is 330 g/mol. The smallest absolute Gasteiger partial charge is 0.265 e. The molecule has 5 nitrogen and oxygen atoms in total. The molecule has 0 saturated heterocycles. The van der Waals surface area contributed by atoms with Crippen LogP contribution in [0.1, 0.15) is 30.9 Å². The fourth-order valence-corrected chi connectivity index (χ4v) is 3.20. The van der Waals surface area contributed by atoms with Gasteiger partial charge in [-0.2, -0.15) is 0 Å². The van der Waals surface area contributed by atoms with Crippen molar-refractivity contribution in [3.63, 3.8) is 0 Å². The van der Waals surface area contributed by atoms with E-state index in [1.807, 2.05) is 6.07 Å². The number of carbonyl (C=O) groups excluding carboxylic acids is 1. The molecule has 3 rings (SSSR count). The van der Waals surface area contributed by atoms with Crippen LogP contribution in [0, 0.1) is 0 Å². The van der Waals surface area contributed by atoms with Crippen molar-refractivity contribution in [2.45, 2.75) is 38.7 Å². The Morgan fingerprint density at radius 1 is 0.962 bits per heavy atom. The summed E-state index contributed by atoms with van der Waals surface area (Å²) in [5.74, 6) is 1.70. The SMILES string of the molecule is COc1ccc(NC(=O)[C@H](C)Oc2ccc3c(c2)CCCC3)cc1OC. The summed E-state index contributed by atoms with van der Waals surface area (Å²) in [4.78, 5) is 12.5. The van der Waals surface area contributed by atoms with Crippen molar-refractivity contribution in [3.8, 4) is 17.2 Å². The maximum absolute atomic E-state index is 12.5. The van der Waals surface area contributed by atoms with Gasteiger partial charge in [0.15, 0.2) is 17.6 Å². The summed E-state index contributed by atoms with van der Waals surface area (Å²) in [6, 6.07) is 11.4. The first-order valence-electron chi connectivity index (χ1n) is 8.92. The van der Waals surface area contributed by atoms with Crippen LogP contribution in [-0.2, 0) is 17.6 Å². The van der Waals surface area contributed by atoms with Crippen molar-refractivity contribution in [2.24, 2.45) is 0 Å². The molecule has 0 spiro atoms. The van der Waals surface area contributed by atoms with Gasteiger partial charge in [0.25, 0.3) is 5.91 Å². The van der Waals surface area contributed by atoms with Gasteiger partial charge < -0.3 is 19.5 Å². The molecule has 0 aromatic heterocycles. The predicted molar refractivity (Wildman–Crippen MR) is 101 cm³/mol. The Morgan fingerprint density at radius 3 is 2.42 bits per heavy atom. The molecule has 0 bridgehead atoms. The topological polar surface area (TPSA) is 56.8 Å². The number of hydrogen-bond acceptors (Lipinski definition) is 4. The lowest BCUT2D eigenvalue weighted by atomic mass is 9.92. The van der Waals surface area contributed by atoms with Gasteiger partial charge in [0, 0.05) is 11.8 Å². The maximum Gasteiger partial charge on any atom is 0.265 e. The number of anilines is 1. The first-order valence-corrected chi connectivity index (χ1v) is 8.92. The van der Waals surface area contributed by atoms with Gasteiger partial charge >= 0.3 is 0 Å². The Morgan fingerprint density at radius 2 is 1.69 bits per heavy atom. The van der Waals surface area contributed by atoms with Gasteiger partial charge in [-0.1, -0.05) is 6.07 Å².